The third-order valence-corrected chi connectivity index (χ3v) is 3.28. The number of rotatable bonds is 7. The predicted octanol–water partition coefficient (Wildman–Crippen LogP) is 0.859. The number of nitrogens with one attached hydrogen (secondary N) is 2. The van der Waals surface area contributed by atoms with Crippen LogP contribution in [0.4, 0.5) is 11.4 Å². The standard InChI is InChI=1S/C13H18N4O3S/c1-21(19,20)16-13-4-2-3-12(7-13)14-8-11-9-15-17(10-11)5-6-18/h2-4,7,9-10,14,16,18H,5-6,8H2,1H3. The first-order valence-electron chi connectivity index (χ1n) is 6.40. The fraction of sp³-hybridized carbons (Fsp3) is 0.308. The lowest BCUT2D eigenvalue weighted by molar-refractivity contribution is 0.269. The quantitative estimate of drug-likeness (QED) is 0.705. The highest BCUT2D eigenvalue weighted by molar-refractivity contribution is 7.92. The third kappa shape index (κ3) is 5.09. The van der Waals surface area contributed by atoms with Crippen molar-refractivity contribution in [2.45, 2.75) is 13.1 Å². The van der Waals surface area contributed by atoms with E-state index in [9.17, 15) is 8.42 Å². The summed E-state index contributed by atoms with van der Waals surface area (Å²) < 4.78 is 26.5. The molecule has 0 aliphatic rings. The minimum atomic E-state index is -3.28. The van der Waals surface area contributed by atoms with Crippen molar-refractivity contribution in [1.82, 2.24) is 9.78 Å². The Hall–Kier alpha value is -2.06. The highest BCUT2D eigenvalue weighted by Gasteiger charge is 2.03. The van der Waals surface area contributed by atoms with E-state index in [2.05, 4.69) is 15.1 Å². The van der Waals surface area contributed by atoms with Crippen LogP contribution in [0.3, 0.4) is 0 Å². The highest BCUT2D eigenvalue weighted by atomic mass is 32.2. The molecule has 3 N–H and O–H groups in total. The summed E-state index contributed by atoms with van der Waals surface area (Å²) in [5.74, 6) is 0. The second kappa shape index (κ2) is 6.59. The lowest BCUT2D eigenvalue weighted by atomic mass is 10.2. The molecular weight excluding hydrogens is 292 g/mol. The number of anilines is 2. The Bertz CT molecular complexity index is 697. The van der Waals surface area contributed by atoms with Crippen molar-refractivity contribution < 1.29 is 13.5 Å². The molecule has 1 aromatic carbocycles. The van der Waals surface area contributed by atoms with Crippen molar-refractivity contribution in [3.05, 3.63) is 42.2 Å². The van der Waals surface area contributed by atoms with Gasteiger partial charge in [-0.3, -0.25) is 9.40 Å². The zero-order valence-electron chi connectivity index (χ0n) is 11.7. The van der Waals surface area contributed by atoms with E-state index in [1.807, 2.05) is 12.3 Å². The fourth-order valence-electron chi connectivity index (χ4n) is 1.83. The second-order valence-corrected chi connectivity index (χ2v) is 6.39. The minimum Gasteiger partial charge on any atom is -0.394 e. The van der Waals surface area contributed by atoms with Crippen molar-refractivity contribution >= 4 is 21.4 Å². The van der Waals surface area contributed by atoms with E-state index in [0.29, 0.717) is 18.8 Å². The third-order valence-electron chi connectivity index (χ3n) is 2.68. The summed E-state index contributed by atoms with van der Waals surface area (Å²) in [6, 6.07) is 7.03. The van der Waals surface area contributed by atoms with E-state index in [0.717, 1.165) is 17.5 Å². The largest absolute Gasteiger partial charge is 0.394 e. The smallest absolute Gasteiger partial charge is 0.229 e. The van der Waals surface area contributed by atoms with Crippen molar-refractivity contribution in [2.75, 3.05) is 22.9 Å². The van der Waals surface area contributed by atoms with E-state index in [-0.39, 0.29) is 6.61 Å². The molecule has 0 radical (unpaired) electrons. The second-order valence-electron chi connectivity index (χ2n) is 4.64. The lowest BCUT2D eigenvalue weighted by Gasteiger charge is -2.08. The normalized spacial score (nSPS) is 11.3. The van der Waals surface area contributed by atoms with Gasteiger partial charge in [0.25, 0.3) is 0 Å². The fourth-order valence-corrected chi connectivity index (χ4v) is 2.39. The van der Waals surface area contributed by atoms with Crippen LogP contribution in [0.15, 0.2) is 36.7 Å². The number of nitrogens with zero attached hydrogens (tertiary/aromatic N) is 2. The van der Waals surface area contributed by atoms with Crippen LogP contribution in [0, 0.1) is 0 Å². The molecular formula is C13H18N4O3S. The molecule has 21 heavy (non-hydrogen) atoms. The first kappa shape index (κ1) is 15.3. The van der Waals surface area contributed by atoms with Crippen LogP contribution in [0.1, 0.15) is 5.56 Å². The maximum atomic E-state index is 11.2. The monoisotopic (exact) mass is 310 g/mol. The summed E-state index contributed by atoms with van der Waals surface area (Å²) in [5.41, 5.74) is 2.29. The molecule has 0 atom stereocenters. The van der Waals surface area contributed by atoms with Gasteiger partial charge in [0.05, 0.1) is 31.3 Å². The van der Waals surface area contributed by atoms with Gasteiger partial charge in [-0.15, -0.1) is 0 Å². The molecule has 0 aliphatic heterocycles. The molecule has 8 heteroatoms. The van der Waals surface area contributed by atoms with Gasteiger partial charge in [0.1, 0.15) is 0 Å². The molecule has 0 spiro atoms. The zero-order chi connectivity index (χ0) is 15.3. The summed E-state index contributed by atoms with van der Waals surface area (Å²) in [5, 5.41) is 16.1. The predicted molar refractivity (Wildman–Crippen MR) is 81.5 cm³/mol. The van der Waals surface area contributed by atoms with Crippen molar-refractivity contribution in [3.63, 3.8) is 0 Å². The number of sulfonamides is 1. The van der Waals surface area contributed by atoms with Gasteiger partial charge in [0.2, 0.25) is 10.0 Å². The van der Waals surface area contributed by atoms with Gasteiger partial charge in [-0.2, -0.15) is 5.10 Å². The Morgan fingerprint density at radius 1 is 1.33 bits per heavy atom. The van der Waals surface area contributed by atoms with Crippen LogP contribution in [0.25, 0.3) is 0 Å². The zero-order valence-corrected chi connectivity index (χ0v) is 12.5. The van der Waals surface area contributed by atoms with Gasteiger partial charge in [-0.25, -0.2) is 8.42 Å². The summed E-state index contributed by atoms with van der Waals surface area (Å²) in [6.45, 7) is 1.08. The molecule has 0 fully saturated rings. The number of aliphatic hydroxyl groups is 1. The Morgan fingerprint density at radius 3 is 2.81 bits per heavy atom. The van der Waals surface area contributed by atoms with Crippen molar-refractivity contribution in [3.8, 4) is 0 Å². The first-order valence-corrected chi connectivity index (χ1v) is 8.29. The van der Waals surface area contributed by atoms with Gasteiger partial charge >= 0.3 is 0 Å². The summed E-state index contributed by atoms with van der Waals surface area (Å²) >= 11 is 0. The average Bonchev–Trinajstić information content (AvgIpc) is 2.83. The number of aliphatic hydroxyl groups excluding tert-OH is 1. The first-order chi connectivity index (χ1) is 9.96. The molecule has 0 aliphatic carbocycles. The Kier molecular flexibility index (Phi) is 4.81. The minimum absolute atomic E-state index is 0.0494. The average molecular weight is 310 g/mol. The topological polar surface area (TPSA) is 96.3 Å². The molecule has 0 bridgehead atoms. The molecule has 0 amide bonds. The summed E-state index contributed by atoms with van der Waals surface area (Å²) in [4.78, 5) is 0. The summed E-state index contributed by atoms with van der Waals surface area (Å²) in [6.07, 6.45) is 4.69. The van der Waals surface area contributed by atoms with E-state index < -0.39 is 10.0 Å². The van der Waals surface area contributed by atoms with Gasteiger partial charge in [-0.1, -0.05) is 6.07 Å². The van der Waals surface area contributed by atoms with Crippen LogP contribution in [0.5, 0.6) is 0 Å². The molecule has 1 aromatic heterocycles. The molecule has 114 valence electrons. The molecule has 0 saturated heterocycles. The number of hydrogen-bond acceptors (Lipinski definition) is 5. The molecule has 2 aromatic rings. The number of benzene rings is 1. The maximum absolute atomic E-state index is 11.2. The van der Waals surface area contributed by atoms with Crippen molar-refractivity contribution in [1.29, 1.82) is 0 Å². The van der Waals surface area contributed by atoms with Crippen LogP contribution in [-0.2, 0) is 23.1 Å². The lowest BCUT2D eigenvalue weighted by Crippen LogP contribution is -2.09. The Morgan fingerprint density at radius 2 is 2.10 bits per heavy atom. The Balaban J connectivity index is 1.97. The maximum Gasteiger partial charge on any atom is 0.229 e. The van der Waals surface area contributed by atoms with Gasteiger partial charge in [-0.05, 0) is 18.2 Å². The number of hydrogen-bond donors (Lipinski definition) is 3. The van der Waals surface area contributed by atoms with Gasteiger partial charge < -0.3 is 10.4 Å². The van der Waals surface area contributed by atoms with Crippen LogP contribution in [-0.4, -0.2) is 36.2 Å². The van der Waals surface area contributed by atoms with Crippen LogP contribution >= 0.6 is 0 Å². The van der Waals surface area contributed by atoms with Gasteiger partial charge in [0.15, 0.2) is 0 Å². The van der Waals surface area contributed by atoms with E-state index in [1.54, 1.807) is 29.1 Å². The molecule has 1 heterocycles. The van der Waals surface area contributed by atoms with E-state index in [4.69, 9.17) is 5.11 Å². The van der Waals surface area contributed by atoms with E-state index >= 15 is 0 Å². The molecule has 2 rings (SSSR count). The Labute approximate surface area is 123 Å². The van der Waals surface area contributed by atoms with E-state index in [1.165, 1.54) is 0 Å². The molecule has 0 unspecified atom stereocenters. The summed E-state index contributed by atoms with van der Waals surface area (Å²) in [7, 11) is -3.28. The van der Waals surface area contributed by atoms with Crippen molar-refractivity contribution in [2.24, 2.45) is 0 Å². The van der Waals surface area contributed by atoms with Crippen LogP contribution in [0.2, 0.25) is 0 Å². The van der Waals surface area contributed by atoms with Gasteiger partial charge in [0, 0.05) is 24.0 Å². The SMILES string of the molecule is CS(=O)(=O)Nc1cccc(NCc2cnn(CCO)c2)c1. The molecule has 0 saturated carbocycles. The number of aromatic nitrogens is 2. The molecule has 7 nitrogen and oxygen atoms in total. The highest BCUT2D eigenvalue weighted by Crippen LogP contribution is 2.16. The van der Waals surface area contributed by atoms with Crippen LogP contribution < -0.4 is 10.0 Å².